The highest BCUT2D eigenvalue weighted by Gasteiger charge is 2.05. The van der Waals surface area contributed by atoms with E-state index in [0.717, 1.165) is 33.5 Å². The van der Waals surface area contributed by atoms with Gasteiger partial charge in [0.05, 0.1) is 5.52 Å². The monoisotopic (exact) mass is 195 g/mol. The predicted octanol–water partition coefficient (Wildman–Crippen LogP) is 3.13. The fourth-order valence-electron chi connectivity index (χ4n) is 2.03. The lowest BCUT2D eigenvalue weighted by Gasteiger charge is -2.01. The van der Waals surface area contributed by atoms with Gasteiger partial charge in [0.2, 0.25) is 0 Å². The minimum Gasteiger partial charge on any atom is -0.361 e. The molecule has 0 aliphatic carbocycles. The molecule has 0 radical (unpaired) electrons. The Balaban J connectivity index is 2.62. The lowest BCUT2D eigenvalue weighted by atomic mass is 10.0. The van der Waals surface area contributed by atoms with Crippen LogP contribution in [0.2, 0.25) is 0 Å². The van der Waals surface area contributed by atoms with E-state index in [9.17, 15) is 4.79 Å². The molecule has 0 unspecified atom stereocenters. The number of benzene rings is 2. The first kappa shape index (κ1) is 8.24. The van der Waals surface area contributed by atoms with Crippen LogP contribution in [0.1, 0.15) is 10.4 Å². The molecule has 0 aliphatic rings. The summed E-state index contributed by atoms with van der Waals surface area (Å²) in [5.74, 6) is 0. The molecule has 2 nitrogen and oxygen atoms in total. The molecule has 0 amide bonds. The number of fused-ring (bicyclic) bond motifs is 3. The van der Waals surface area contributed by atoms with Gasteiger partial charge in [-0.2, -0.15) is 0 Å². The van der Waals surface area contributed by atoms with E-state index >= 15 is 0 Å². The normalized spacial score (nSPS) is 10.9. The lowest BCUT2D eigenvalue weighted by Crippen LogP contribution is -1.83. The number of carbonyl (C=O) groups is 1. The average molecular weight is 195 g/mol. The summed E-state index contributed by atoms with van der Waals surface area (Å²) in [7, 11) is 0. The molecule has 2 aromatic carbocycles. The van der Waals surface area contributed by atoms with Crippen LogP contribution in [0.25, 0.3) is 21.7 Å². The maximum absolute atomic E-state index is 10.9. The molecule has 15 heavy (non-hydrogen) atoms. The molecule has 3 aromatic rings. The summed E-state index contributed by atoms with van der Waals surface area (Å²) >= 11 is 0. The molecule has 0 saturated carbocycles. The molecule has 0 spiro atoms. The Hall–Kier alpha value is -2.09. The summed E-state index contributed by atoms with van der Waals surface area (Å²) < 4.78 is 0. The van der Waals surface area contributed by atoms with Gasteiger partial charge < -0.3 is 4.98 Å². The summed E-state index contributed by atoms with van der Waals surface area (Å²) in [6, 6.07) is 11.9. The van der Waals surface area contributed by atoms with Crippen LogP contribution in [0.3, 0.4) is 0 Å². The number of hydrogen-bond acceptors (Lipinski definition) is 1. The SMILES string of the molecule is O=Cc1cc2ccccc2c2[nH]ccc12. The molecule has 1 heterocycles. The Morgan fingerprint density at radius 2 is 1.93 bits per heavy atom. The zero-order valence-electron chi connectivity index (χ0n) is 8.03. The third kappa shape index (κ3) is 1.08. The Bertz CT molecular complexity index is 652. The van der Waals surface area contributed by atoms with Crippen molar-refractivity contribution in [2.24, 2.45) is 0 Å². The highest BCUT2D eigenvalue weighted by molar-refractivity contribution is 6.11. The third-order valence-electron chi connectivity index (χ3n) is 2.73. The van der Waals surface area contributed by atoms with Gasteiger partial charge in [-0.25, -0.2) is 0 Å². The van der Waals surface area contributed by atoms with Crippen LogP contribution < -0.4 is 0 Å². The first-order valence-corrected chi connectivity index (χ1v) is 4.84. The van der Waals surface area contributed by atoms with Crippen molar-refractivity contribution in [1.82, 2.24) is 4.98 Å². The Morgan fingerprint density at radius 1 is 1.07 bits per heavy atom. The molecule has 3 rings (SSSR count). The van der Waals surface area contributed by atoms with Crippen LogP contribution in [0, 0.1) is 0 Å². The largest absolute Gasteiger partial charge is 0.361 e. The van der Waals surface area contributed by atoms with Crippen LogP contribution in [-0.4, -0.2) is 11.3 Å². The quantitative estimate of drug-likeness (QED) is 0.594. The van der Waals surface area contributed by atoms with E-state index in [-0.39, 0.29) is 0 Å². The Kier molecular flexibility index (Phi) is 1.62. The number of hydrogen-bond donors (Lipinski definition) is 1. The van der Waals surface area contributed by atoms with Gasteiger partial charge in [0.15, 0.2) is 6.29 Å². The zero-order chi connectivity index (χ0) is 10.3. The van der Waals surface area contributed by atoms with E-state index in [1.165, 1.54) is 0 Å². The number of rotatable bonds is 1. The molecule has 1 N–H and O–H groups in total. The first-order valence-electron chi connectivity index (χ1n) is 4.84. The number of nitrogens with one attached hydrogen (secondary N) is 1. The van der Waals surface area contributed by atoms with Crippen molar-refractivity contribution in [3.63, 3.8) is 0 Å². The van der Waals surface area contributed by atoms with Gasteiger partial charge in [-0.15, -0.1) is 0 Å². The Labute approximate surface area is 86.5 Å². The topological polar surface area (TPSA) is 32.9 Å². The molecule has 0 atom stereocenters. The maximum atomic E-state index is 10.9. The molecule has 0 saturated heterocycles. The lowest BCUT2D eigenvalue weighted by molar-refractivity contribution is 0.112. The average Bonchev–Trinajstić information content (AvgIpc) is 2.77. The number of aromatic amines is 1. The minimum absolute atomic E-state index is 0.741. The van der Waals surface area contributed by atoms with Gasteiger partial charge in [0, 0.05) is 22.5 Å². The van der Waals surface area contributed by atoms with Gasteiger partial charge in [-0.3, -0.25) is 4.79 Å². The molecule has 1 aromatic heterocycles. The van der Waals surface area contributed by atoms with Gasteiger partial charge in [-0.05, 0) is 17.5 Å². The summed E-state index contributed by atoms with van der Waals surface area (Å²) in [4.78, 5) is 14.1. The fraction of sp³-hybridized carbons (Fsp3) is 0. The highest BCUT2D eigenvalue weighted by Crippen LogP contribution is 2.26. The molecule has 2 heteroatoms. The fourth-order valence-corrected chi connectivity index (χ4v) is 2.03. The van der Waals surface area contributed by atoms with Gasteiger partial charge in [0.25, 0.3) is 0 Å². The van der Waals surface area contributed by atoms with Gasteiger partial charge in [-0.1, -0.05) is 24.3 Å². The third-order valence-corrected chi connectivity index (χ3v) is 2.73. The predicted molar refractivity (Wildman–Crippen MR) is 61.2 cm³/mol. The van der Waals surface area contributed by atoms with E-state index in [1.54, 1.807) is 0 Å². The first-order chi connectivity index (χ1) is 7.40. The standard InChI is InChI=1S/C13H9NO/c15-8-10-7-9-3-1-2-4-11(9)13-12(10)5-6-14-13/h1-8,14H. The number of aldehydes is 1. The minimum atomic E-state index is 0.741. The number of H-pyrrole nitrogens is 1. The van der Waals surface area contributed by atoms with Gasteiger partial charge >= 0.3 is 0 Å². The van der Waals surface area contributed by atoms with Crippen molar-refractivity contribution in [3.8, 4) is 0 Å². The Morgan fingerprint density at radius 3 is 2.80 bits per heavy atom. The van der Waals surface area contributed by atoms with Crippen LogP contribution in [0.4, 0.5) is 0 Å². The molecule has 72 valence electrons. The zero-order valence-corrected chi connectivity index (χ0v) is 8.03. The van der Waals surface area contributed by atoms with Crippen molar-refractivity contribution in [3.05, 3.63) is 48.2 Å². The van der Waals surface area contributed by atoms with Crippen LogP contribution in [0.15, 0.2) is 42.6 Å². The maximum Gasteiger partial charge on any atom is 0.150 e. The summed E-state index contributed by atoms with van der Waals surface area (Å²) in [6.07, 6.45) is 2.77. The van der Waals surface area contributed by atoms with E-state index in [2.05, 4.69) is 11.1 Å². The molecule has 0 aliphatic heterocycles. The van der Waals surface area contributed by atoms with Crippen LogP contribution >= 0.6 is 0 Å². The van der Waals surface area contributed by atoms with E-state index in [0.29, 0.717) is 0 Å². The van der Waals surface area contributed by atoms with Crippen LogP contribution in [0.5, 0.6) is 0 Å². The summed E-state index contributed by atoms with van der Waals surface area (Å²) in [6.45, 7) is 0. The van der Waals surface area contributed by atoms with Crippen molar-refractivity contribution in [1.29, 1.82) is 0 Å². The highest BCUT2D eigenvalue weighted by atomic mass is 16.1. The van der Waals surface area contributed by atoms with Crippen molar-refractivity contribution in [2.45, 2.75) is 0 Å². The van der Waals surface area contributed by atoms with E-state index in [4.69, 9.17) is 0 Å². The van der Waals surface area contributed by atoms with Gasteiger partial charge in [0.1, 0.15) is 0 Å². The number of aromatic nitrogens is 1. The molecule has 0 bridgehead atoms. The van der Waals surface area contributed by atoms with E-state index in [1.807, 2.05) is 36.5 Å². The van der Waals surface area contributed by atoms with Crippen LogP contribution in [-0.2, 0) is 0 Å². The second-order valence-corrected chi connectivity index (χ2v) is 3.57. The van der Waals surface area contributed by atoms with Crippen molar-refractivity contribution < 1.29 is 4.79 Å². The van der Waals surface area contributed by atoms with Crippen molar-refractivity contribution >= 4 is 28.0 Å². The second-order valence-electron chi connectivity index (χ2n) is 3.57. The number of carbonyl (C=O) groups excluding carboxylic acids is 1. The van der Waals surface area contributed by atoms with Crippen molar-refractivity contribution in [2.75, 3.05) is 0 Å². The molecule has 0 fully saturated rings. The van der Waals surface area contributed by atoms with E-state index < -0.39 is 0 Å². The summed E-state index contributed by atoms with van der Waals surface area (Å²) in [5.41, 5.74) is 1.78. The second kappa shape index (κ2) is 2.95. The smallest absolute Gasteiger partial charge is 0.150 e. The molecular formula is C13H9NO. The summed E-state index contributed by atoms with van der Waals surface area (Å²) in [5, 5.41) is 3.24. The molecular weight excluding hydrogens is 186 g/mol.